The molecule has 2 nitrogen and oxygen atoms in total. The van der Waals surface area contributed by atoms with Gasteiger partial charge in [-0.3, -0.25) is 0 Å². The molecule has 2 aromatic rings. The Kier molecular flexibility index (Phi) is 6.15. The van der Waals surface area contributed by atoms with Crippen molar-refractivity contribution in [2.24, 2.45) is 0 Å². The molecule has 0 amide bonds. The maximum Gasteiger partial charge on any atom is 0.132 e. The number of para-hydroxylation sites is 1. The van der Waals surface area contributed by atoms with Gasteiger partial charge in [0.15, 0.2) is 0 Å². The van der Waals surface area contributed by atoms with E-state index in [1.807, 2.05) is 18.2 Å². The molecular weight excluding hydrogens is 278 g/mol. The van der Waals surface area contributed by atoms with Crippen LogP contribution >= 0.6 is 11.8 Å². The van der Waals surface area contributed by atoms with E-state index in [1.165, 1.54) is 10.5 Å². The van der Waals surface area contributed by atoms with Gasteiger partial charge in [-0.2, -0.15) is 0 Å². The van der Waals surface area contributed by atoms with E-state index in [0.717, 1.165) is 23.6 Å². The molecule has 0 aliphatic carbocycles. The Morgan fingerprint density at radius 3 is 2.48 bits per heavy atom. The summed E-state index contributed by atoms with van der Waals surface area (Å²) in [6, 6.07) is 17.3. The summed E-state index contributed by atoms with van der Waals surface area (Å²) < 4.78 is 5.39. The van der Waals surface area contributed by atoms with Gasteiger partial charge in [0.1, 0.15) is 5.75 Å². The van der Waals surface area contributed by atoms with E-state index in [0.29, 0.717) is 6.04 Å². The largest absolute Gasteiger partial charge is 0.496 e. The highest BCUT2D eigenvalue weighted by Crippen LogP contribution is 2.34. The fourth-order valence-electron chi connectivity index (χ4n) is 2.13. The normalized spacial score (nSPS) is 12.1. The summed E-state index contributed by atoms with van der Waals surface area (Å²) in [6.45, 7) is 5.45. The van der Waals surface area contributed by atoms with Crippen LogP contribution in [0.2, 0.25) is 0 Å². The van der Waals surface area contributed by atoms with E-state index in [4.69, 9.17) is 4.74 Å². The summed E-state index contributed by atoms with van der Waals surface area (Å²) in [7, 11) is 1.71. The number of hydrogen-bond donors (Lipinski definition) is 1. The fraction of sp³-hybridized carbons (Fsp3) is 0.333. The van der Waals surface area contributed by atoms with Crippen LogP contribution in [0.3, 0.4) is 0 Å². The summed E-state index contributed by atoms with van der Waals surface area (Å²) in [4.78, 5) is 2.37. The average Bonchev–Trinajstić information content (AvgIpc) is 2.54. The lowest BCUT2D eigenvalue weighted by Crippen LogP contribution is -2.19. The molecule has 1 N–H and O–H groups in total. The lowest BCUT2D eigenvalue weighted by Gasteiger charge is -2.14. The maximum atomic E-state index is 5.39. The second-order valence-corrected chi connectivity index (χ2v) is 6.11. The van der Waals surface area contributed by atoms with Gasteiger partial charge in [0.05, 0.1) is 12.0 Å². The van der Waals surface area contributed by atoms with Gasteiger partial charge in [0, 0.05) is 10.9 Å². The molecule has 0 bridgehead atoms. The van der Waals surface area contributed by atoms with Gasteiger partial charge in [-0.15, -0.1) is 0 Å². The maximum absolute atomic E-state index is 5.39. The first-order valence-electron chi connectivity index (χ1n) is 7.38. The minimum atomic E-state index is 0.398. The fourth-order valence-corrected chi connectivity index (χ4v) is 3.06. The molecule has 1 unspecified atom stereocenters. The molecular formula is C18H23NOS. The monoisotopic (exact) mass is 301 g/mol. The van der Waals surface area contributed by atoms with Gasteiger partial charge in [-0.05, 0) is 49.7 Å². The van der Waals surface area contributed by atoms with Crippen LogP contribution in [0.15, 0.2) is 58.3 Å². The molecule has 0 fully saturated rings. The lowest BCUT2D eigenvalue weighted by atomic mass is 10.1. The Balaban J connectivity index is 2.05. The first kappa shape index (κ1) is 15.9. The van der Waals surface area contributed by atoms with Crippen LogP contribution in [0.1, 0.15) is 31.9 Å². The molecule has 21 heavy (non-hydrogen) atoms. The zero-order valence-corrected chi connectivity index (χ0v) is 13.7. The molecule has 0 aromatic heterocycles. The Morgan fingerprint density at radius 2 is 1.81 bits per heavy atom. The third kappa shape index (κ3) is 4.51. The molecule has 0 aliphatic heterocycles. The van der Waals surface area contributed by atoms with Gasteiger partial charge in [0.2, 0.25) is 0 Å². The second-order valence-electron chi connectivity index (χ2n) is 5.00. The molecule has 3 heteroatoms. The van der Waals surface area contributed by atoms with Crippen molar-refractivity contribution in [2.75, 3.05) is 13.7 Å². The molecule has 112 valence electrons. The van der Waals surface area contributed by atoms with Gasteiger partial charge >= 0.3 is 0 Å². The zero-order valence-electron chi connectivity index (χ0n) is 12.9. The van der Waals surface area contributed by atoms with E-state index in [-0.39, 0.29) is 0 Å². The van der Waals surface area contributed by atoms with Crippen molar-refractivity contribution in [1.82, 2.24) is 5.32 Å². The number of hydrogen-bond acceptors (Lipinski definition) is 3. The first-order chi connectivity index (χ1) is 10.2. The van der Waals surface area contributed by atoms with Crippen LogP contribution < -0.4 is 10.1 Å². The molecule has 0 spiro atoms. The van der Waals surface area contributed by atoms with Gasteiger partial charge in [-0.25, -0.2) is 0 Å². The highest BCUT2D eigenvalue weighted by molar-refractivity contribution is 7.99. The number of ether oxygens (including phenoxy) is 1. The van der Waals surface area contributed by atoms with Crippen molar-refractivity contribution in [3.63, 3.8) is 0 Å². The molecule has 0 radical (unpaired) electrons. The van der Waals surface area contributed by atoms with Crippen LogP contribution in [-0.4, -0.2) is 13.7 Å². The molecule has 0 saturated heterocycles. The average molecular weight is 301 g/mol. The van der Waals surface area contributed by atoms with Crippen LogP contribution in [0.25, 0.3) is 0 Å². The molecule has 0 heterocycles. The lowest BCUT2D eigenvalue weighted by molar-refractivity contribution is 0.405. The summed E-state index contributed by atoms with van der Waals surface area (Å²) in [5, 5.41) is 3.51. The number of methoxy groups -OCH3 is 1. The predicted octanol–water partition coefficient (Wildman–Crippen LogP) is 4.91. The summed E-state index contributed by atoms with van der Waals surface area (Å²) in [5.41, 5.74) is 1.33. The third-order valence-electron chi connectivity index (χ3n) is 3.38. The topological polar surface area (TPSA) is 21.3 Å². The van der Waals surface area contributed by atoms with Gasteiger partial charge < -0.3 is 10.1 Å². The smallest absolute Gasteiger partial charge is 0.132 e. The highest BCUT2D eigenvalue weighted by Gasteiger charge is 2.06. The minimum absolute atomic E-state index is 0.398. The summed E-state index contributed by atoms with van der Waals surface area (Å²) in [5.74, 6) is 0.921. The molecule has 0 aliphatic rings. The Bertz CT molecular complexity index is 553. The number of benzene rings is 2. The van der Waals surface area contributed by atoms with Crippen LogP contribution in [-0.2, 0) is 0 Å². The van der Waals surface area contributed by atoms with E-state index in [1.54, 1.807) is 18.9 Å². The first-order valence-corrected chi connectivity index (χ1v) is 8.20. The van der Waals surface area contributed by atoms with Crippen molar-refractivity contribution >= 4 is 11.8 Å². The van der Waals surface area contributed by atoms with E-state index < -0.39 is 0 Å². The molecule has 2 aromatic carbocycles. The molecule has 2 rings (SSSR count). The van der Waals surface area contributed by atoms with Gasteiger partial charge in [-0.1, -0.05) is 43.0 Å². The van der Waals surface area contributed by atoms with Crippen LogP contribution in [0.5, 0.6) is 5.75 Å². The zero-order chi connectivity index (χ0) is 15.1. The number of nitrogens with one attached hydrogen (secondary N) is 1. The van der Waals surface area contributed by atoms with Gasteiger partial charge in [0.25, 0.3) is 0 Å². The third-order valence-corrected chi connectivity index (χ3v) is 4.44. The van der Waals surface area contributed by atoms with Crippen molar-refractivity contribution in [3.05, 3.63) is 54.1 Å². The second kappa shape index (κ2) is 8.11. The Labute approximate surface area is 131 Å². The quantitative estimate of drug-likeness (QED) is 0.785. The minimum Gasteiger partial charge on any atom is -0.496 e. The highest BCUT2D eigenvalue weighted by atomic mass is 32.2. The van der Waals surface area contributed by atoms with E-state index in [9.17, 15) is 0 Å². The van der Waals surface area contributed by atoms with Crippen LogP contribution in [0, 0.1) is 0 Å². The molecule has 0 saturated carbocycles. The van der Waals surface area contributed by atoms with Crippen molar-refractivity contribution in [2.45, 2.75) is 36.1 Å². The molecule has 1 atom stereocenters. The van der Waals surface area contributed by atoms with Crippen molar-refractivity contribution < 1.29 is 4.74 Å². The Hall–Kier alpha value is -1.45. The SMILES string of the molecule is CCCNC(C)c1ccc(Sc2ccccc2OC)cc1. The number of rotatable bonds is 7. The summed E-state index contributed by atoms with van der Waals surface area (Å²) in [6.07, 6.45) is 1.16. The van der Waals surface area contributed by atoms with Crippen molar-refractivity contribution in [1.29, 1.82) is 0 Å². The van der Waals surface area contributed by atoms with Crippen LogP contribution in [0.4, 0.5) is 0 Å². The standard InChI is InChI=1S/C18H23NOS/c1-4-13-19-14(2)15-9-11-16(12-10-15)21-18-8-6-5-7-17(18)20-3/h5-12,14,19H,4,13H2,1-3H3. The van der Waals surface area contributed by atoms with E-state index in [2.05, 4.69) is 49.5 Å². The summed E-state index contributed by atoms with van der Waals surface area (Å²) >= 11 is 1.73. The predicted molar refractivity (Wildman–Crippen MR) is 90.3 cm³/mol. The van der Waals surface area contributed by atoms with E-state index >= 15 is 0 Å². The van der Waals surface area contributed by atoms with Crippen molar-refractivity contribution in [3.8, 4) is 5.75 Å². The Morgan fingerprint density at radius 1 is 1.10 bits per heavy atom.